The number of rotatable bonds is 6. The average Bonchev–Trinajstić information content (AvgIpc) is 3.20. The van der Waals surface area contributed by atoms with Gasteiger partial charge < -0.3 is 4.74 Å². The summed E-state index contributed by atoms with van der Waals surface area (Å²) in [5.41, 5.74) is 6.24. The van der Waals surface area contributed by atoms with Gasteiger partial charge in [-0.1, -0.05) is 0 Å². The highest BCUT2D eigenvalue weighted by molar-refractivity contribution is 7.13. The molecule has 0 spiro atoms. The summed E-state index contributed by atoms with van der Waals surface area (Å²) in [4.78, 5) is 6.79. The summed E-state index contributed by atoms with van der Waals surface area (Å²) >= 11 is 1.55. The van der Waals surface area contributed by atoms with Crippen LogP contribution in [0, 0.1) is 6.92 Å². The van der Waals surface area contributed by atoms with E-state index in [1.165, 1.54) is 31.5 Å². The molecule has 6 heteroatoms. The number of benzene rings is 1. The van der Waals surface area contributed by atoms with Gasteiger partial charge in [0.15, 0.2) is 0 Å². The van der Waals surface area contributed by atoms with Crippen LogP contribution < -0.4 is 10.2 Å². The second-order valence-corrected chi connectivity index (χ2v) is 6.58. The van der Waals surface area contributed by atoms with E-state index in [1.807, 2.05) is 30.7 Å². The maximum atomic E-state index is 5.49. The third kappa shape index (κ3) is 4.30. The molecule has 1 saturated heterocycles. The molecule has 0 unspecified atom stereocenters. The summed E-state index contributed by atoms with van der Waals surface area (Å²) in [5, 5.41) is 7.08. The minimum Gasteiger partial charge on any atom is -0.496 e. The lowest BCUT2D eigenvalue weighted by molar-refractivity contribution is 0.321. The summed E-state index contributed by atoms with van der Waals surface area (Å²) in [7, 11) is 1.73. The van der Waals surface area contributed by atoms with Gasteiger partial charge in [-0.15, -0.1) is 11.3 Å². The normalized spacial score (nSPS) is 15.4. The van der Waals surface area contributed by atoms with Crippen molar-refractivity contribution in [2.24, 2.45) is 5.10 Å². The number of thiazole rings is 1. The molecule has 0 bridgehead atoms. The number of likely N-dealkylation sites (tertiary alicyclic amines) is 1. The third-order valence-corrected chi connectivity index (χ3v) is 4.75. The number of aromatic nitrogens is 1. The van der Waals surface area contributed by atoms with Gasteiger partial charge in [-0.2, -0.15) is 5.10 Å². The molecule has 122 valence electrons. The van der Waals surface area contributed by atoms with Crippen LogP contribution in [0.3, 0.4) is 0 Å². The fourth-order valence-electron chi connectivity index (χ4n) is 2.75. The standard InChI is InChI=1S/C17H22N4OS/c1-13-12-23-17(19-13)20-18-10-14-5-6-16(22-2)15(9-14)11-21-7-3-4-8-21/h5-6,9-10,12H,3-4,7-8,11H2,1-2H3,(H,19,20). The Morgan fingerprint density at radius 2 is 2.22 bits per heavy atom. The van der Waals surface area contributed by atoms with Crippen LogP contribution in [0.25, 0.3) is 0 Å². The van der Waals surface area contributed by atoms with Crippen LogP contribution in [0.1, 0.15) is 29.7 Å². The van der Waals surface area contributed by atoms with Crippen molar-refractivity contribution in [3.63, 3.8) is 0 Å². The second kappa shape index (κ2) is 7.57. The highest BCUT2D eigenvalue weighted by Gasteiger charge is 2.14. The molecule has 23 heavy (non-hydrogen) atoms. The number of hydrogen-bond donors (Lipinski definition) is 1. The molecular weight excluding hydrogens is 308 g/mol. The molecule has 1 aliphatic heterocycles. The van der Waals surface area contributed by atoms with Gasteiger partial charge in [-0.05, 0) is 56.6 Å². The van der Waals surface area contributed by atoms with Crippen LogP contribution >= 0.6 is 11.3 Å². The maximum absolute atomic E-state index is 5.49. The molecule has 5 nitrogen and oxygen atoms in total. The van der Waals surface area contributed by atoms with E-state index < -0.39 is 0 Å². The van der Waals surface area contributed by atoms with E-state index in [1.54, 1.807) is 18.4 Å². The average molecular weight is 330 g/mol. The van der Waals surface area contributed by atoms with Crippen molar-refractivity contribution in [1.82, 2.24) is 9.88 Å². The number of nitrogens with zero attached hydrogens (tertiary/aromatic N) is 3. The van der Waals surface area contributed by atoms with E-state index in [2.05, 4.69) is 26.5 Å². The van der Waals surface area contributed by atoms with Gasteiger partial charge in [-0.25, -0.2) is 4.98 Å². The number of methoxy groups -OCH3 is 1. The van der Waals surface area contributed by atoms with Crippen molar-refractivity contribution in [1.29, 1.82) is 0 Å². The van der Waals surface area contributed by atoms with Gasteiger partial charge >= 0.3 is 0 Å². The molecule has 1 N–H and O–H groups in total. The second-order valence-electron chi connectivity index (χ2n) is 5.72. The lowest BCUT2D eigenvalue weighted by atomic mass is 10.1. The van der Waals surface area contributed by atoms with Crippen LogP contribution in [0.15, 0.2) is 28.7 Å². The SMILES string of the molecule is COc1ccc(C=NNc2nc(C)cs2)cc1CN1CCCC1. The number of hydrazone groups is 1. The minimum absolute atomic E-state index is 0.810. The molecule has 0 atom stereocenters. The van der Waals surface area contributed by atoms with E-state index in [4.69, 9.17) is 4.74 Å². The van der Waals surface area contributed by atoms with Crippen LogP contribution in [0.5, 0.6) is 5.75 Å². The van der Waals surface area contributed by atoms with Gasteiger partial charge in [0, 0.05) is 17.5 Å². The number of anilines is 1. The Morgan fingerprint density at radius 1 is 1.39 bits per heavy atom. The van der Waals surface area contributed by atoms with Crippen molar-refractivity contribution in [3.05, 3.63) is 40.4 Å². The number of ether oxygens (including phenoxy) is 1. The summed E-state index contributed by atoms with van der Waals surface area (Å²) in [6.07, 6.45) is 4.41. The fourth-order valence-corrected chi connectivity index (χ4v) is 3.39. The Bertz CT molecular complexity index is 677. The topological polar surface area (TPSA) is 49.8 Å². The molecule has 1 fully saturated rings. The van der Waals surface area contributed by atoms with Gasteiger partial charge in [0.05, 0.1) is 19.0 Å². The molecule has 0 amide bonds. The van der Waals surface area contributed by atoms with Crippen molar-refractivity contribution >= 4 is 22.7 Å². The first kappa shape index (κ1) is 16.0. The zero-order chi connectivity index (χ0) is 16.1. The first-order valence-electron chi connectivity index (χ1n) is 7.85. The van der Waals surface area contributed by atoms with Crippen molar-refractivity contribution in [2.45, 2.75) is 26.3 Å². The Kier molecular flexibility index (Phi) is 5.25. The zero-order valence-electron chi connectivity index (χ0n) is 13.6. The van der Waals surface area contributed by atoms with Crippen molar-refractivity contribution in [2.75, 3.05) is 25.6 Å². The largest absolute Gasteiger partial charge is 0.496 e. The molecule has 1 aromatic heterocycles. The Hall–Kier alpha value is -1.92. The third-order valence-electron chi connectivity index (χ3n) is 3.89. The lowest BCUT2D eigenvalue weighted by Gasteiger charge is -2.17. The Labute approximate surface area is 141 Å². The zero-order valence-corrected chi connectivity index (χ0v) is 14.4. The molecular formula is C17H22N4OS. The first-order chi connectivity index (χ1) is 11.2. The Morgan fingerprint density at radius 3 is 2.91 bits per heavy atom. The van der Waals surface area contributed by atoms with Gasteiger partial charge in [0.1, 0.15) is 5.75 Å². The monoisotopic (exact) mass is 330 g/mol. The van der Waals surface area contributed by atoms with Crippen LogP contribution in [-0.4, -0.2) is 36.3 Å². The van der Waals surface area contributed by atoms with E-state index in [0.29, 0.717) is 0 Å². The molecule has 0 radical (unpaired) electrons. The smallest absolute Gasteiger partial charge is 0.203 e. The van der Waals surface area contributed by atoms with Gasteiger partial charge in [0.2, 0.25) is 5.13 Å². The van der Waals surface area contributed by atoms with Gasteiger partial charge in [0.25, 0.3) is 0 Å². The maximum Gasteiger partial charge on any atom is 0.203 e. The molecule has 1 aliphatic rings. The van der Waals surface area contributed by atoms with E-state index in [-0.39, 0.29) is 0 Å². The fraction of sp³-hybridized carbons (Fsp3) is 0.412. The quantitative estimate of drug-likeness (QED) is 0.650. The number of nitrogens with one attached hydrogen (secondary N) is 1. The minimum atomic E-state index is 0.810. The number of aryl methyl sites for hydroxylation is 1. The first-order valence-corrected chi connectivity index (χ1v) is 8.73. The number of hydrogen-bond acceptors (Lipinski definition) is 6. The highest BCUT2D eigenvalue weighted by atomic mass is 32.1. The van der Waals surface area contributed by atoms with E-state index in [0.717, 1.165) is 28.7 Å². The van der Waals surface area contributed by atoms with Crippen LogP contribution in [0.2, 0.25) is 0 Å². The molecule has 0 saturated carbocycles. The predicted octanol–water partition coefficient (Wildman–Crippen LogP) is 3.50. The summed E-state index contributed by atoms with van der Waals surface area (Å²) in [6.45, 7) is 5.25. The highest BCUT2D eigenvalue weighted by Crippen LogP contribution is 2.23. The van der Waals surface area contributed by atoms with Crippen LogP contribution in [-0.2, 0) is 6.54 Å². The van der Waals surface area contributed by atoms with E-state index in [9.17, 15) is 0 Å². The lowest BCUT2D eigenvalue weighted by Crippen LogP contribution is -2.18. The molecule has 0 aliphatic carbocycles. The Balaban J connectivity index is 1.68. The van der Waals surface area contributed by atoms with E-state index >= 15 is 0 Å². The molecule has 3 rings (SSSR count). The van der Waals surface area contributed by atoms with Crippen molar-refractivity contribution in [3.8, 4) is 5.75 Å². The molecule has 2 aromatic rings. The van der Waals surface area contributed by atoms with Crippen molar-refractivity contribution < 1.29 is 4.74 Å². The summed E-state index contributed by atoms with van der Waals surface area (Å²) < 4.78 is 5.49. The summed E-state index contributed by atoms with van der Waals surface area (Å²) in [5.74, 6) is 0.942. The van der Waals surface area contributed by atoms with Gasteiger partial charge in [-0.3, -0.25) is 10.3 Å². The predicted molar refractivity (Wildman–Crippen MR) is 95.6 cm³/mol. The van der Waals surface area contributed by atoms with Crippen LogP contribution in [0.4, 0.5) is 5.13 Å². The molecule has 2 heterocycles. The molecule has 1 aromatic carbocycles. The summed E-state index contributed by atoms with van der Waals surface area (Å²) in [6, 6.07) is 6.18.